The highest BCUT2D eigenvalue weighted by atomic mass is 127. The van der Waals surface area contributed by atoms with Crippen molar-refractivity contribution >= 4 is 32.6 Å². The predicted molar refractivity (Wildman–Crippen MR) is 79.7 cm³/mol. The van der Waals surface area contributed by atoms with E-state index in [0.717, 1.165) is 9.99 Å². The van der Waals surface area contributed by atoms with Crippen molar-refractivity contribution in [3.05, 3.63) is 27.8 Å². The van der Waals surface area contributed by atoms with Crippen molar-refractivity contribution < 1.29 is 8.42 Å². The van der Waals surface area contributed by atoms with Crippen molar-refractivity contribution in [1.29, 1.82) is 0 Å². The highest BCUT2D eigenvalue weighted by molar-refractivity contribution is 14.1. The molecule has 6 heteroatoms. The van der Waals surface area contributed by atoms with Gasteiger partial charge in [-0.05, 0) is 59.2 Å². The summed E-state index contributed by atoms with van der Waals surface area (Å²) in [5, 5.41) is 0. The van der Waals surface area contributed by atoms with Crippen molar-refractivity contribution in [3.63, 3.8) is 0 Å². The molecule has 18 heavy (non-hydrogen) atoms. The van der Waals surface area contributed by atoms with Gasteiger partial charge in [0.2, 0.25) is 10.0 Å². The molecule has 0 saturated carbocycles. The zero-order chi connectivity index (χ0) is 13.3. The molecule has 0 radical (unpaired) electrons. The largest absolute Gasteiger partial charge is 0.327 e. The normalized spacial score (nSPS) is 26.2. The lowest BCUT2D eigenvalue weighted by Crippen LogP contribution is -2.48. The van der Waals surface area contributed by atoms with Crippen molar-refractivity contribution in [3.8, 4) is 0 Å². The van der Waals surface area contributed by atoms with Crippen LogP contribution in [0.1, 0.15) is 13.3 Å². The van der Waals surface area contributed by atoms with Crippen LogP contribution >= 0.6 is 22.6 Å². The molecule has 1 aliphatic rings. The van der Waals surface area contributed by atoms with E-state index >= 15 is 0 Å². The fourth-order valence-electron chi connectivity index (χ4n) is 2.10. The Morgan fingerprint density at radius 3 is 2.50 bits per heavy atom. The number of hydrogen-bond acceptors (Lipinski definition) is 3. The lowest BCUT2D eigenvalue weighted by atomic mass is 9.96. The van der Waals surface area contributed by atoms with Gasteiger partial charge < -0.3 is 5.73 Å². The summed E-state index contributed by atoms with van der Waals surface area (Å²) in [6.07, 6.45) is 0.727. The molecule has 2 atom stereocenters. The monoisotopic (exact) mass is 380 g/mol. The Bertz CT molecular complexity index is 515. The van der Waals surface area contributed by atoms with Gasteiger partial charge in [-0.3, -0.25) is 0 Å². The second-order valence-electron chi connectivity index (χ2n) is 4.75. The molecule has 1 aromatic carbocycles. The van der Waals surface area contributed by atoms with E-state index in [4.69, 9.17) is 5.73 Å². The SMILES string of the molecule is CC1CN(S(=O)(=O)c2ccc(I)cc2)CCC1N. The third-order valence-corrected chi connectivity index (χ3v) is 5.98. The molecular formula is C12H17IN2O2S. The lowest BCUT2D eigenvalue weighted by Gasteiger charge is -2.34. The van der Waals surface area contributed by atoms with E-state index in [-0.39, 0.29) is 12.0 Å². The van der Waals surface area contributed by atoms with Gasteiger partial charge in [0, 0.05) is 22.7 Å². The molecule has 0 spiro atoms. The zero-order valence-electron chi connectivity index (χ0n) is 10.2. The average molecular weight is 380 g/mol. The highest BCUT2D eigenvalue weighted by Gasteiger charge is 2.31. The highest BCUT2D eigenvalue weighted by Crippen LogP contribution is 2.23. The Balaban J connectivity index is 2.24. The van der Waals surface area contributed by atoms with Crippen LogP contribution in [-0.2, 0) is 10.0 Å². The standard InChI is InChI=1S/C12H17IN2O2S/c1-9-8-15(7-6-12(9)14)18(16,17)11-4-2-10(13)3-5-11/h2-5,9,12H,6-8,14H2,1H3. The van der Waals surface area contributed by atoms with Gasteiger partial charge in [-0.25, -0.2) is 8.42 Å². The molecule has 1 aliphatic heterocycles. The van der Waals surface area contributed by atoms with Crippen LogP contribution in [-0.4, -0.2) is 31.9 Å². The molecule has 1 saturated heterocycles. The van der Waals surface area contributed by atoms with E-state index in [9.17, 15) is 8.42 Å². The maximum Gasteiger partial charge on any atom is 0.243 e. The first-order valence-electron chi connectivity index (χ1n) is 5.92. The number of nitrogens with zero attached hydrogens (tertiary/aromatic N) is 1. The van der Waals surface area contributed by atoms with Gasteiger partial charge in [0.05, 0.1) is 4.90 Å². The second-order valence-corrected chi connectivity index (χ2v) is 7.93. The molecule has 0 bridgehead atoms. The molecule has 1 heterocycles. The number of benzene rings is 1. The topological polar surface area (TPSA) is 63.4 Å². The summed E-state index contributed by atoms with van der Waals surface area (Å²) in [7, 11) is -3.36. The third-order valence-electron chi connectivity index (χ3n) is 3.39. The van der Waals surface area contributed by atoms with Gasteiger partial charge in [-0.2, -0.15) is 4.31 Å². The average Bonchev–Trinajstić information content (AvgIpc) is 2.33. The third kappa shape index (κ3) is 2.87. The first-order valence-corrected chi connectivity index (χ1v) is 8.44. The van der Waals surface area contributed by atoms with Crippen molar-refractivity contribution in [2.45, 2.75) is 24.3 Å². The van der Waals surface area contributed by atoms with Crippen molar-refractivity contribution in [2.75, 3.05) is 13.1 Å². The summed E-state index contributed by atoms with van der Waals surface area (Å²) in [6, 6.07) is 7.05. The maximum absolute atomic E-state index is 12.4. The van der Waals surface area contributed by atoms with Gasteiger partial charge in [-0.1, -0.05) is 6.92 Å². The Kier molecular flexibility index (Phi) is 4.30. The van der Waals surface area contributed by atoms with Gasteiger partial charge >= 0.3 is 0 Å². The van der Waals surface area contributed by atoms with E-state index in [2.05, 4.69) is 22.6 Å². The first-order chi connectivity index (χ1) is 8.41. The second kappa shape index (κ2) is 5.44. The van der Waals surface area contributed by atoms with Gasteiger partial charge in [-0.15, -0.1) is 0 Å². The molecule has 2 rings (SSSR count). The minimum Gasteiger partial charge on any atom is -0.327 e. The van der Waals surface area contributed by atoms with Crippen LogP contribution in [0.25, 0.3) is 0 Å². The number of sulfonamides is 1. The van der Waals surface area contributed by atoms with E-state index in [1.165, 1.54) is 0 Å². The van der Waals surface area contributed by atoms with Crippen LogP contribution in [0.4, 0.5) is 0 Å². The van der Waals surface area contributed by atoms with Gasteiger partial charge in [0.1, 0.15) is 0 Å². The molecule has 1 fully saturated rings. The summed E-state index contributed by atoms with van der Waals surface area (Å²) < 4.78 is 27.4. The lowest BCUT2D eigenvalue weighted by molar-refractivity contribution is 0.250. The Morgan fingerprint density at radius 2 is 1.94 bits per heavy atom. The summed E-state index contributed by atoms with van der Waals surface area (Å²) in [5.41, 5.74) is 5.92. The molecule has 1 aromatic rings. The van der Waals surface area contributed by atoms with E-state index < -0.39 is 10.0 Å². The summed E-state index contributed by atoms with van der Waals surface area (Å²) in [6.45, 7) is 3.02. The predicted octanol–water partition coefficient (Wildman–Crippen LogP) is 1.65. The minimum absolute atomic E-state index is 0.105. The molecule has 100 valence electrons. The summed E-state index contributed by atoms with van der Waals surface area (Å²) in [4.78, 5) is 0.366. The fraction of sp³-hybridized carbons (Fsp3) is 0.500. The molecule has 0 amide bonds. The Morgan fingerprint density at radius 1 is 1.33 bits per heavy atom. The number of rotatable bonds is 2. The van der Waals surface area contributed by atoms with E-state index in [1.54, 1.807) is 16.4 Å². The van der Waals surface area contributed by atoms with Crippen molar-refractivity contribution in [2.24, 2.45) is 11.7 Å². The molecule has 2 N–H and O–H groups in total. The Labute approximate surface area is 122 Å². The van der Waals surface area contributed by atoms with Crippen LogP contribution in [0.5, 0.6) is 0 Å². The van der Waals surface area contributed by atoms with Crippen LogP contribution < -0.4 is 5.73 Å². The minimum atomic E-state index is -3.36. The quantitative estimate of drug-likeness (QED) is 0.794. The van der Waals surface area contributed by atoms with Crippen LogP contribution in [0.3, 0.4) is 0 Å². The van der Waals surface area contributed by atoms with E-state index in [0.29, 0.717) is 18.0 Å². The maximum atomic E-state index is 12.4. The molecule has 0 aromatic heterocycles. The molecule has 0 aliphatic carbocycles. The summed E-state index contributed by atoms with van der Waals surface area (Å²) >= 11 is 2.16. The number of hydrogen-bond donors (Lipinski definition) is 1. The zero-order valence-corrected chi connectivity index (χ0v) is 13.2. The molecular weight excluding hydrogens is 363 g/mol. The van der Waals surface area contributed by atoms with Crippen LogP contribution in [0, 0.1) is 9.49 Å². The molecule has 2 unspecified atom stereocenters. The van der Waals surface area contributed by atoms with E-state index in [1.807, 2.05) is 19.1 Å². The van der Waals surface area contributed by atoms with Gasteiger partial charge in [0.25, 0.3) is 0 Å². The molecule has 4 nitrogen and oxygen atoms in total. The Hall–Kier alpha value is -0.180. The van der Waals surface area contributed by atoms with Gasteiger partial charge in [0.15, 0.2) is 0 Å². The number of halogens is 1. The van der Waals surface area contributed by atoms with Crippen LogP contribution in [0.15, 0.2) is 29.2 Å². The number of piperidine rings is 1. The smallest absolute Gasteiger partial charge is 0.243 e. The van der Waals surface area contributed by atoms with Crippen molar-refractivity contribution in [1.82, 2.24) is 4.31 Å². The first kappa shape index (κ1) is 14.2. The van der Waals surface area contributed by atoms with Crippen LogP contribution in [0.2, 0.25) is 0 Å². The fourth-order valence-corrected chi connectivity index (χ4v) is 4.01. The number of nitrogens with two attached hydrogens (primary N) is 1. The summed E-state index contributed by atoms with van der Waals surface area (Å²) in [5.74, 6) is 0.206.